The van der Waals surface area contributed by atoms with Gasteiger partial charge >= 0.3 is 0 Å². The molecule has 0 N–H and O–H groups in total. The fraction of sp³-hybridized carbons (Fsp3) is 0.385. The number of hydrogen-bond acceptors (Lipinski definition) is 3. The highest BCUT2D eigenvalue weighted by molar-refractivity contribution is 5.77. The van der Waals surface area contributed by atoms with E-state index in [1.165, 1.54) is 0 Å². The molecule has 0 saturated carbocycles. The van der Waals surface area contributed by atoms with Gasteiger partial charge in [-0.3, -0.25) is 0 Å². The Morgan fingerprint density at radius 2 is 2.19 bits per heavy atom. The molecule has 1 aliphatic heterocycles. The predicted octanol–water partition coefficient (Wildman–Crippen LogP) is 2.52. The highest BCUT2D eigenvalue weighted by atomic mass is 16.5. The molecular formula is C13H14N2O. The Labute approximate surface area is 94.5 Å². The second kappa shape index (κ2) is 4.18. The van der Waals surface area contributed by atoms with Gasteiger partial charge in [0.05, 0.1) is 12.1 Å². The van der Waals surface area contributed by atoms with E-state index in [1.807, 2.05) is 30.5 Å². The van der Waals surface area contributed by atoms with Crippen molar-refractivity contribution in [1.82, 2.24) is 9.97 Å². The first-order valence-corrected chi connectivity index (χ1v) is 5.73. The molecule has 1 aromatic carbocycles. The van der Waals surface area contributed by atoms with Crippen molar-refractivity contribution in [1.29, 1.82) is 0 Å². The van der Waals surface area contributed by atoms with Gasteiger partial charge in [-0.25, -0.2) is 9.97 Å². The Hall–Kier alpha value is -1.48. The van der Waals surface area contributed by atoms with Gasteiger partial charge in [0.25, 0.3) is 0 Å². The second-order valence-electron chi connectivity index (χ2n) is 4.20. The van der Waals surface area contributed by atoms with Gasteiger partial charge in [-0.15, -0.1) is 0 Å². The first kappa shape index (κ1) is 9.73. The lowest BCUT2D eigenvalue weighted by Gasteiger charge is -2.20. The van der Waals surface area contributed by atoms with Crippen LogP contribution < -0.4 is 0 Å². The molecule has 1 fully saturated rings. The molecule has 16 heavy (non-hydrogen) atoms. The van der Waals surface area contributed by atoms with Crippen molar-refractivity contribution in [2.24, 2.45) is 0 Å². The second-order valence-corrected chi connectivity index (χ2v) is 4.20. The van der Waals surface area contributed by atoms with Crippen molar-refractivity contribution in [3.63, 3.8) is 0 Å². The largest absolute Gasteiger partial charge is 0.381 e. The zero-order valence-electron chi connectivity index (χ0n) is 9.10. The molecule has 82 valence electrons. The Balaban J connectivity index is 1.97. The van der Waals surface area contributed by atoms with Crippen LogP contribution in [0.5, 0.6) is 0 Å². The number of aromatic nitrogens is 2. The number of rotatable bonds is 1. The fourth-order valence-electron chi connectivity index (χ4n) is 2.13. The van der Waals surface area contributed by atoms with Gasteiger partial charge in [-0.2, -0.15) is 0 Å². The lowest BCUT2D eigenvalue weighted by molar-refractivity contribution is 0.0781. The quantitative estimate of drug-likeness (QED) is 0.731. The van der Waals surface area contributed by atoms with Gasteiger partial charge in [0, 0.05) is 24.1 Å². The van der Waals surface area contributed by atoms with Crippen LogP contribution in [0, 0.1) is 0 Å². The summed E-state index contributed by atoms with van der Waals surface area (Å²) in [5.41, 5.74) is 1.03. The first-order valence-electron chi connectivity index (χ1n) is 5.73. The lowest BCUT2D eigenvalue weighted by atomic mass is 10.0. The topological polar surface area (TPSA) is 35.0 Å². The molecule has 0 spiro atoms. The molecule has 1 saturated heterocycles. The highest BCUT2D eigenvalue weighted by Crippen LogP contribution is 2.23. The molecule has 1 atom stereocenters. The summed E-state index contributed by atoms with van der Waals surface area (Å²) < 4.78 is 5.47. The molecular weight excluding hydrogens is 200 g/mol. The van der Waals surface area contributed by atoms with E-state index in [-0.39, 0.29) is 0 Å². The maximum Gasteiger partial charge on any atom is 0.134 e. The monoisotopic (exact) mass is 214 g/mol. The molecule has 0 unspecified atom stereocenters. The average Bonchev–Trinajstić information content (AvgIpc) is 2.39. The van der Waals surface area contributed by atoms with E-state index in [4.69, 9.17) is 4.74 Å². The van der Waals surface area contributed by atoms with E-state index in [0.29, 0.717) is 5.92 Å². The van der Waals surface area contributed by atoms with E-state index >= 15 is 0 Å². The predicted molar refractivity (Wildman–Crippen MR) is 62.3 cm³/mol. The molecule has 3 nitrogen and oxygen atoms in total. The summed E-state index contributed by atoms with van der Waals surface area (Å²) in [6, 6.07) is 8.09. The van der Waals surface area contributed by atoms with Gasteiger partial charge in [0.15, 0.2) is 0 Å². The van der Waals surface area contributed by atoms with E-state index in [0.717, 1.165) is 42.8 Å². The minimum atomic E-state index is 0.373. The molecule has 0 amide bonds. The van der Waals surface area contributed by atoms with Gasteiger partial charge in [0.1, 0.15) is 5.82 Å². The Bertz CT molecular complexity index is 492. The first-order chi connectivity index (χ1) is 7.93. The molecule has 1 aromatic heterocycles. The van der Waals surface area contributed by atoms with Crippen molar-refractivity contribution in [2.45, 2.75) is 18.8 Å². The van der Waals surface area contributed by atoms with Gasteiger partial charge in [0.2, 0.25) is 0 Å². The number of fused-ring (bicyclic) bond motifs is 1. The molecule has 0 bridgehead atoms. The lowest BCUT2D eigenvalue weighted by Crippen LogP contribution is -2.17. The summed E-state index contributed by atoms with van der Waals surface area (Å²) in [5.74, 6) is 1.30. The number of para-hydroxylation sites is 1. The maximum absolute atomic E-state index is 5.47. The van der Waals surface area contributed by atoms with Gasteiger partial charge in [-0.1, -0.05) is 18.2 Å². The molecule has 0 radical (unpaired) electrons. The Kier molecular flexibility index (Phi) is 2.54. The van der Waals surface area contributed by atoms with Crippen molar-refractivity contribution in [2.75, 3.05) is 13.2 Å². The highest BCUT2D eigenvalue weighted by Gasteiger charge is 2.18. The fourth-order valence-corrected chi connectivity index (χ4v) is 2.13. The molecule has 2 aromatic rings. The van der Waals surface area contributed by atoms with Crippen LogP contribution in [0.4, 0.5) is 0 Å². The third-order valence-corrected chi connectivity index (χ3v) is 3.03. The molecule has 1 aliphatic rings. The van der Waals surface area contributed by atoms with Crippen molar-refractivity contribution in [3.05, 3.63) is 36.3 Å². The summed E-state index contributed by atoms with van der Waals surface area (Å²) >= 11 is 0. The van der Waals surface area contributed by atoms with Gasteiger partial charge < -0.3 is 4.74 Å². The maximum atomic E-state index is 5.47. The zero-order valence-corrected chi connectivity index (χ0v) is 9.10. The van der Waals surface area contributed by atoms with Crippen LogP contribution in [0.3, 0.4) is 0 Å². The third kappa shape index (κ3) is 1.78. The Morgan fingerprint density at radius 3 is 3.06 bits per heavy atom. The SMILES string of the molecule is c1ccc2nc([C@@H]3CCCOC3)ncc2c1. The van der Waals surface area contributed by atoms with E-state index in [9.17, 15) is 0 Å². The zero-order chi connectivity index (χ0) is 10.8. The van der Waals surface area contributed by atoms with Crippen LogP contribution in [0.15, 0.2) is 30.5 Å². The molecule has 3 rings (SSSR count). The summed E-state index contributed by atoms with van der Waals surface area (Å²) in [5, 5.41) is 1.10. The normalized spacial score (nSPS) is 21.1. The minimum absolute atomic E-state index is 0.373. The van der Waals surface area contributed by atoms with Crippen LogP contribution >= 0.6 is 0 Å². The van der Waals surface area contributed by atoms with Gasteiger partial charge in [-0.05, 0) is 18.9 Å². The van der Waals surface area contributed by atoms with Crippen molar-refractivity contribution >= 4 is 10.9 Å². The van der Waals surface area contributed by atoms with Crippen molar-refractivity contribution in [3.8, 4) is 0 Å². The van der Waals surface area contributed by atoms with Crippen LogP contribution in [0.1, 0.15) is 24.6 Å². The van der Waals surface area contributed by atoms with Crippen LogP contribution in [-0.4, -0.2) is 23.2 Å². The molecule has 2 heterocycles. The van der Waals surface area contributed by atoms with Crippen molar-refractivity contribution < 1.29 is 4.74 Å². The summed E-state index contributed by atoms with van der Waals surface area (Å²) in [6.45, 7) is 1.64. The summed E-state index contributed by atoms with van der Waals surface area (Å²) in [4.78, 5) is 9.05. The number of hydrogen-bond donors (Lipinski definition) is 0. The van der Waals surface area contributed by atoms with E-state index < -0.39 is 0 Å². The smallest absolute Gasteiger partial charge is 0.134 e. The van der Waals surface area contributed by atoms with Crippen LogP contribution in [0.2, 0.25) is 0 Å². The minimum Gasteiger partial charge on any atom is -0.381 e. The average molecular weight is 214 g/mol. The molecule has 3 heteroatoms. The third-order valence-electron chi connectivity index (χ3n) is 3.03. The van der Waals surface area contributed by atoms with Crippen LogP contribution in [-0.2, 0) is 4.74 Å². The Morgan fingerprint density at radius 1 is 1.25 bits per heavy atom. The summed E-state index contributed by atoms with van der Waals surface area (Å²) in [6.07, 6.45) is 4.16. The van der Waals surface area contributed by atoms with Crippen LogP contribution in [0.25, 0.3) is 10.9 Å². The summed E-state index contributed by atoms with van der Waals surface area (Å²) in [7, 11) is 0. The van der Waals surface area contributed by atoms with E-state index in [1.54, 1.807) is 0 Å². The number of ether oxygens (including phenoxy) is 1. The standard InChI is InChI=1S/C13H14N2O/c1-2-6-12-10(4-1)8-14-13(15-12)11-5-3-7-16-9-11/h1-2,4,6,8,11H,3,5,7,9H2/t11-/m1/s1. The molecule has 0 aliphatic carbocycles. The van der Waals surface area contributed by atoms with E-state index in [2.05, 4.69) is 9.97 Å². The number of benzene rings is 1. The number of nitrogens with zero attached hydrogens (tertiary/aromatic N) is 2.